The summed E-state index contributed by atoms with van der Waals surface area (Å²) in [5.74, 6) is -5.61. The monoisotopic (exact) mass is 769 g/mol. The summed E-state index contributed by atoms with van der Waals surface area (Å²) in [4.78, 5) is 35.8. The highest BCUT2D eigenvalue weighted by Gasteiger charge is 2.62. The van der Waals surface area contributed by atoms with Crippen LogP contribution in [0.2, 0.25) is 0 Å². The van der Waals surface area contributed by atoms with E-state index in [2.05, 4.69) is 15.3 Å². The lowest BCUT2D eigenvalue weighted by atomic mass is 9.48. The molecular weight excluding hydrogens is 730 g/mol. The van der Waals surface area contributed by atoms with E-state index in [-0.39, 0.29) is 37.2 Å². The molecule has 54 heavy (non-hydrogen) atoms. The minimum atomic E-state index is -5.14. The number of likely N-dealkylation sites (tertiary alicyclic amines) is 1. The molecule has 5 saturated carbocycles. The fraction of sp³-hybridized carbons (Fsp3) is 0.622. The van der Waals surface area contributed by atoms with E-state index in [1.807, 2.05) is 0 Å². The summed E-state index contributed by atoms with van der Waals surface area (Å²) in [7, 11) is 0. The van der Waals surface area contributed by atoms with Crippen LogP contribution in [0, 0.1) is 23.7 Å². The molecule has 0 unspecified atom stereocenters. The number of halogens is 8. The van der Waals surface area contributed by atoms with Crippen molar-refractivity contribution in [3.8, 4) is 17.1 Å². The third kappa shape index (κ3) is 6.78. The highest BCUT2D eigenvalue weighted by Crippen LogP contribution is 2.58. The maximum Gasteiger partial charge on any atom is 0.434 e. The topological polar surface area (TPSA) is 110 Å². The second-order valence-electron chi connectivity index (χ2n) is 16.0. The summed E-state index contributed by atoms with van der Waals surface area (Å²) in [6, 6.07) is 4.20. The Morgan fingerprint density at radius 3 is 2.24 bits per heavy atom. The number of alkyl halides is 8. The molecule has 1 atom stereocenters. The van der Waals surface area contributed by atoms with Crippen molar-refractivity contribution >= 4 is 22.8 Å². The Kier molecular flexibility index (Phi) is 8.92. The zero-order valence-corrected chi connectivity index (χ0v) is 29.0. The third-order valence-corrected chi connectivity index (χ3v) is 12.5. The number of rotatable bonds is 8. The zero-order chi connectivity index (χ0) is 38.4. The van der Waals surface area contributed by atoms with Gasteiger partial charge in [0, 0.05) is 61.4 Å². The van der Waals surface area contributed by atoms with Gasteiger partial charge in [-0.1, -0.05) is 0 Å². The van der Waals surface area contributed by atoms with Crippen molar-refractivity contribution in [1.29, 1.82) is 0 Å². The molecule has 4 bridgehead atoms. The average Bonchev–Trinajstić information content (AvgIpc) is 3.68. The quantitative estimate of drug-likeness (QED) is 0.225. The molecule has 2 aromatic heterocycles. The van der Waals surface area contributed by atoms with Crippen molar-refractivity contribution in [3.63, 3.8) is 0 Å². The fourth-order valence-electron chi connectivity index (χ4n) is 10.3. The Bertz CT molecular complexity index is 1920. The van der Waals surface area contributed by atoms with E-state index in [0.717, 1.165) is 12.6 Å². The Hall–Kier alpha value is -4.02. The number of hydrogen-bond donors (Lipinski definition) is 2. The number of nitrogens with zero attached hydrogens (tertiary/aromatic N) is 4. The maximum atomic E-state index is 14.7. The van der Waals surface area contributed by atoms with Gasteiger partial charge < -0.3 is 19.7 Å². The summed E-state index contributed by atoms with van der Waals surface area (Å²) in [6.45, 7) is -0.867. The standard InChI is InChI=1S/C37H39F8N5O4/c38-34(39)6-3-23(4-7-34)50-17-28(26-2-1-24(14-29(26)50)54-25-5-8-49(16-25)18-35(40,41)42)31-46-15-27(30(47-31)37(43,44)45)32(51)48-36(33(52)53)21-10-19-9-20(12-21)13-22(36)11-19/h1-2,14-15,17,19-23,25H,3-13,16,18H2,(H,48,51)(H,52,53)/t19?,20?,21?,22?,25-,36?/m0/s1. The maximum absolute atomic E-state index is 14.7. The molecule has 3 heterocycles. The van der Waals surface area contributed by atoms with Gasteiger partial charge in [0.25, 0.3) is 5.91 Å². The molecule has 3 aromatic rings. The van der Waals surface area contributed by atoms with Gasteiger partial charge in [0.05, 0.1) is 17.6 Å². The van der Waals surface area contributed by atoms with Crippen LogP contribution in [0.5, 0.6) is 5.75 Å². The molecule has 17 heteroatoms. The number of ether oxygens (including phenoxy) is 1. The lowest BCUT2D eigenvalue weighted by Crippen LogP contribution is -2.70. The molecule has 1 aliphatic heterocycles. The molecule has 6 fully saturated rings. The molecule has 2 N–H and O–H groups in total. The van der Waals surface area contributed by atoms with Gasteiger partial charge in [-0.25, -0.2) is 23.5 Å². The predicted molar refractivity (Wildman–Crippen MR) is 177 cm³/mol. The predicted octanol–water partition coefficient (Wildman–Crippen LogP) is 7.89. The second-order valence-corrected chi connectivity index (χ2v) is 16.0. The lowest BCUT2D eigenvalue weighted by molar-refractivity contribution is -0.163. The molecule has 292 valence electrons. The van der Waals surface area contributed by atoms with E-state index >= 15 is 0 Å². The van der Waals surface area contributed by atoms with Crippen molar-refractivity contribution in [2.24, 2.45) is 23.7 Å². The molecule has 1 saturated heterocycles. The normalized spacial score (nSPS) is 29.9. The van der Waals surface area contributed by atoms with Gasteiger partial charge in [-0.3, -0.25) is 9.69 Å². The first-order valence-corrected chi connectivity index (χ1v) is 18.4. The van der Waals surface area contributed by atoms with E-state index in [1.54, 1.807) is 16.7 Å². The molecule has 0 spiro atoms. The van der Waals surface area contributed by atoms with Gasteiger partial charge in [0.1, 0.15) is 17.4 Å². The van der Waals surface area contributed by atoms with Crippen molar-refractivity contribution in [1.82, 2.24) is 24.8 Å². The number of benzene rings is 1. The van der Waals surface area contributed by atoms with Crippen molar-refractivity contribution in [2.45, 2.75) is 100 Å². The Morgan fingerprint density at radius 2 is 1.63 bits per heavy atom. The molecule has 9 rings (SSSR count). The summed E-state index contributed by atoms with van der Waals surface area (Å²) < 4.78 is 119. The zero-order valence-electron chi connectivity index (χ0n) is 29.0. The first kappa shape index (κ1) is 36.9. The first-order valence-electron chi connectivity index (χ1n) is 18.4. The van der Waals surface area contributed by atoms with E-state index < -0.39 is 96.1 Å². The van der Waals surface area contributed by atoms with Gasteiger partial charge >= 0.3 is 18.3 Å². The van der Waals surface area contributed by atoms with Gasteiger partial charge in [0.2, 0.25) is 5.92 Å². The van der Waals surface area contributed by atoms with Crippen LogP contribution in [0.4, 0.5) is 35.1 Å². The van der Waals surface area contributed by atoms with E-state index in [0.29, 0.717) is 54.8 Å². The Labute approximate surface area is 304 Å². The number of carboxylic acid groups (broad SMARTS) is 1. The number of aliphatic carboxylic acids is 1. The highest BCUT2D eigenvalue weighted by atomic mass is 19.4. The summed E-state index contributed by atoms with van der Waals surface area (Å²) >= 11 is 0. The van der Waals surface area contributed by atoms with Crippen LogP contribution in [0.3, 0.4) is 0 Å². The van der Waals surface area contributed by atoms with Gasteiger partial charge in [0.15, 0.2) is 11.5 Å². The summed E-state index contributed by atoms with van der Waals surface area (Å²) in [6.07, 6.45) is -4.86. The van der Waals surface area contributed by atoms with Crippen molar-refractivity contribution in [2.75, 3.05) is 19.6 Å². The van der Waals surface area contributed by atoms with Crippen LogP contribution < -0.4 is 10.1 Å². The van der Waals surface area contributed by atoms with Crippen molar-refractivity contribution in [3.05, 3.63) is 41.9 Å². The molecular formula is C37H39F8N5O4. The number of nitrogens with one attached hydrogen (secondary N) is 1. The number of carbonyl (C=O) groups excluding carboxylic acids is 1. The minimum absolute atomic E-state index is 0.0332. The number of fused-ring (bicyclic) bond motifs is 1. The largest absolute Gasteiger partial charge is 0.489 e. The van der Waals surface area contributed by atoms with Crippen LogP contribution in [0.1, 0.15) is 86.3 Å². The Balaban J connectivity index is 1.13. The van der Waals surface area contributed by atoms with E-state index in [1.165, 1.54) is 17.2 Å². The molecule has 6 aliphatic rings. The van der Waals surface area contributed by atoms with Gasteiger partial charge in [-0.2, -0.15) is 26.3 Å². The average molecular weight is 770 g/mol. The summed E-state index contributed by atoms with van der Waals surface area (Å²) in [5.41, 5.74) is -3.60. The Morgan fingerprint density at radius 1 is 0.963 bits per heavy atom. The molecule has 0 radical (unpaired) electrons. The van der Waals surface area contributed by atoms with E-state index in [4.69, 9.17) is 4.74 Å². The third-order valence-electron chi connectivity index (χ3n) is 12.5. The second kappa shape index (κ2) is 13.0. The number of hydrogen-bond acceptors (Lipinski definition) is 6. The number of aromatic nitrogens is 3. The van der Waals surface area contributed by atoms with Crippen LogP contribution in [0.15, 0.2) is 30.6 Å². The SMILES string of the molecule is O=C(NC1(C(=O)O)C2CC3CC(C2)CC1C3)c1cnc(-c2cn(C3CCC(F)(F)CC3)c3cc(O[C@H]4CCN(CC(F)(F)F)C4)ccc23)nc1C(F)(F)F. The number of amides is 1. The van der Waals surface area contributed by atoms with Crippen LogP contribution >= 0.6 is 0 Å². The first-order chi connectivity index (χ1) is 25.4. The van der Waals surface area contributed by atoms with Gasteiger partial charge in [-0.15, -0.1) is 0 Å². The summed E-state index contributed by atoms with van der Waals surface area (Å²) in [5, 5.41) is 13.3. The smallest absolute Gasteiger partial charge is 0.434 e. The van der Waals surface area contributed by atoms with Crippen LogP contribution in [0.25, 0.3) is 22.3 Å². The number of carboxylic acids is 1. The van der Waals surface area contributed by atoms with Gasteiger partial charge in [-0.05, 0) is 87.2 Å². The lowest BCUT2D eigenvalue weighted by Gasteiger charge is -2.59. The van der Waals surface area contributed by atoms with Crippen LogP contribution in [-0.4, -0.2) is 79.8 Å². The highest BCUT2D eigenvalue weighted by molar-refractivity contribution is 6.00. The molecule has 5 aliphatic carbocycles. The number of carbonyl (C=O) groups is 2. The van der Waals surface area contributed by atoms with Crippen LogP contribution in [-0.2, 0) is 11.0 Å². The van der Waals surface area contributed by atoms with Crippen molar-refractivity contribution < 1.29 is 54.6 Å². The fourth-order valence-corrected chi connectivity index (χ4v) is 10.3. The minimum Gasteiger partial charge on any atom is -0.489 e. The molecule has 1 aromatic carbocycles. The van der Waals surface area contributed by atoms with E-state index in [9.17, 15) is 49.8 Å². The molecule has 9 nitrogen and oxygen atoms in total. The molecule has 1 amide bonds.